The van der Waals surface area contributed by atoms with E-state index in [9.17, 15) is 17.7 Å². The number of hydrogen-bond acceptors (Lipinski definition) is 2. The van der Waals surface area contributed by atoms with Crippen LogP contribution < -0.4 is 11.2 Å². The molecular formula is C6H4BClF3N2O-. The van der Waals surface area contributed by atoms with Gasteiger partial charge in [0.05, 0.1) is 5.02 Å². The summed E-state index contributed by atoms with van der Waals surface area (Å²) in [7, 11) is 0. The Balaban J connectivity index is 3.20. The maximum absolute atomic E-state index is 12.1. The average Bonchev–Trinajstić information content (AvgIpc) is 2.01. The van der Waals surface area contributed by atoms with Crippen LogP contribution in [0, 0.1) is 0 Å². The molecule has 0 saturated heterocycles. The maximum atomic E-state index is 12.1. The number of amides is 1. The lowest BCUT2D eigenvalue weighted by molar-refractivity contribution is 0.0995. The van der Waals surface area contributed by atoms with E-state index in [2.05, 4.69) is 4.98 Å². The van der Waals surface area contributed by atoms with E-state index in [1.165, 1.54) is 0 Å². The molecule has 0 unspecified atom stereocenters. The molecule has 3 nitrogen and oxygen atoms in total. The first kappa shape index (κ1) is 10.8. The van der Waals surface area contributed by atoms with Gasteiger partial charge in [0.2, 0.25) is 0 Å². The molecule has 1 aromatic rings. The van der Waals surface area contributed by atoms with E-state index >= 15 is 0 Å². The van der Waals surface area contributed by atoms with Gasteiger partial charge in [-0.2, -0.15) is 0 Å². The molecule has 0 spiro atoms. The minimum Gasteiger partial charge on any atom is -0.445 e. The normalized spacial score (nSPS) is 11.4. The van der Waals surface area contributed by atoms with Gasteiger partial charge in [-0.25, -0.2) is 0 Å². The van der Waals surface area contributed by atoms with Crippen LogP contribution in [0.2, 0.25) is 5.02 Å². The maximum Gasteiger partial charge on any atom is 0.511 e. The number of nitrogens with zero attached hydrogens (tertiary/aromatic N) is 1. The van der Waals surface area contributed by atoms with E-state index < -0.39 is 23.4 Å². The highest BCUT2D eigenvalue weighted by Crippen LogP contribution is 2.15. The molecule has 0 saturated carbocycles. The Hall–Kier alpha value is -1.24. The molecule has 14 heavy (non-hydrogen) atoms. The van der Waals surface area contributed by atoms with Crippen LogP contribution in [-0.2, 0) is 0 Å². The molecule has 0 radical (unpaired) electrons. The predicted molar refractivity (Wildman–Crippen MR) is 46.5 cm³/mol. The van der Waals surface area contributed by atoms with Gasteiger partial charge in [-0.05, 0) is 0 Å². The first-order chi connectivity index (χ1) is 6.32. The number of rotatable bonds is 2. The van der Waals surface area contributed by atoms with Crippen molar-refractivity contribution >= 4 is 29.9 Å². The Labute approximate surface area is 82.1 Å². The average molecular weight is 223 g/mol. The lowest BCUT2D eigenvalue weighted by atomic mass is 9.81. The third-order valence-electron chi connectivity index (χ3n) is 1.47. The molecule has 8 heteroatoms. The van der Waals surface area contributed by atoms with Gasteiger partial charge in [0, 0.05) is 6.20 Å². The van der Waals surface area contributed by atoms with Gasteiger partial charge in [-0.15, -0.1) is 0 Å². The lowest BCUT2D eigenvalue weighted by Crippen LogP contribution is -2.35. The summed E-state index contributed by atoms with van der Waals surface area (Å²) >= 11 is 5.38. The summed E-state index contributed by atoms with van der Waals surface area (Å²) in [6.45, 7) is -5.16. The van der Waals surface area contributed by atoms with Crippen molar-refractivity contribution in [1.29, 1.82) is 0 Å². The van der Waals surface area contributed by atoms with E-state index in [4.69, 9.17) is 17.3 Å². The zero-order valence-electron chi connectivity index (χ0n) is 6.68. The van der Waals surface area contributed by atoms with Crippen molar-refractivity contribution in [2.24, 2.45) is 5.73 Å². The number of primary amides is 1. The number of carbonyl (C=O) groups excluding carboxylic acids is 1. The van der Waals surface area contributed by atoms with Crippen LogP contribution in [-0.4, -0.2) is 17.9 Å². The number of pyridine rings is 1. The van der Waals surface area contributed by atoms with E-state index in [1.54, 1.807) is 0 Å². The smallest absolute Gasteiger partial charge is 0.445 e. The zero-order valence-corrected chi connectivity index (χ0v) is 7.43. The third kappa shape index (κ3) is 2.17. The summed E-state index contributed by atoms with van der Waals surface area (Å²) in [4.78, 5) is 13.8. The summed E-state index contributed by atoms with van der Waals surface area (Å²) in [5.41, 5.74) is 3.49. The Morgan fingerprint density at radius 3 is 2.43 bits per heavy atom. The van der Waals surface area contributed by atoms with E-state index in [0.717, 1.165) is 0 Å². The van der Waals surface area contributed by atoms with Crippen molar-refractivity contribution < 1.29 is 17.7 Å². The number of carbonyl (C=O) groups is 1. The zero-order chi connectivity index (χ0) is 10.9. The highest BCUT2D eigenvalue weighted by Gasteiger charge is 2.27. The first-order valence-corrected chi connectivity index (χ1v) is 3.85. The predicted octanol–water partition coefficient (Wildman–Crippen LogP) is 0.888. The molecule has 1 rings (SSSR count). The molecule has 0 fully saturated rings. The van der Waals surface area contributed by atoms with E-state index in [0.29, 0.717) is 12.3 Å². The van der Waals surface area contributed by atoms with E-state index in [1.807, 2.05) is 0 Å². The minimum atomic E-state index is -5.16. The summed E-state index contributed by atoms with van der Waals surface area (Å²) in [6.07, 6.45) is 0.534. The van der Waals surface area contributed by atoms with Crippen molar-refractivity contribution in [3.63, 3.8) is 0 Å². The van der Waals surface area contributed by atoms with Gasteiger partial charge in [-0.1, -0.05) is 23.1 Å². The van der Waals surface area contributed by atoms with Crippen LogP contribution in [0.3, 0.4) is 0 Å². The van der Waals surface area contributed by atoms with Crippen LogP contribution in [0.25, 0.3) is 0 Å². The number of halogens is 4. The molecule has 1 heterocycles. The standard InChI is InChI=1S/C6H4BClF3N2O/c8-4-1-3(7(9,10)11)2-13-5(4)6(12)14/h1-2H,(H2,12,14)/q-1. The van der Waals surface area contributed by atoms with Gasteiger partial charge in [-0.3, -0.25) is 9.78 Å². The van der Waals surface area contributed by atoms with Crippen molar-refractivity contribution in [2.45, 2.75) is 0 Å². The monoisotopic (exact) mass is 223 g/mol. The molecule has 0 aromatic carbocycles. The Morgan fingerprint density at radius 2 is 2.07 bits per heavy atom. The van der Waals surface area contributed by atoms with Gasteiger partial charge in [0.15, 0.2) is 0 Å². The molecular weight excluding hydrogens is 219 g/mol. The fraction of sp³-hybridized carbons (Fsp3) is 0. The lowest BCUT2D eigenvalue weighted by Gasteiger charge is -2.14. The molecule has 0 bridgehead atoms. The van der Waals surface area contributed by atoms with Crippen LogP contribution in [0.1, 0.15) is 10.5 Å². The van der Waals surface area contributed by atoms with Crippen molar-refractivity contribution in [3.05, 3.63) is 23.0 Å². The number of nitrogens with two attached hydrogens (primary N) is 1. The highest BCUT2D eigenvalue weighted by molar-refractivity contribution is 6.73. The van der Waals surface area contributed by atoms with Crippen molar-refractivity contribution in [3.8, 4) is 0 Å². The molecule has 0 aliphatic rings. The van der Waals surface area contributed by atoms with Gasteiger partial charge in [0.25, 0.3) is 5.91 Å². The van der Waals surface area contributed by atoms with Gasteiger partial charge >= 0.3 is 6.98 Å². The molecule has 0 aliphatic heterocycles. The fourth-order valence-corrected chi connectivity index (χ4v) is 1.08. The number of aromatic nitrogens is 1. The highest BCUT2D eigenvalue weighted by atomic mass is 35.5. The van der Waals surface area contributed by atoms with Crippen LogP contribution in [0.15, 0.2) is 12.3 Å². The summed E-state index contributed by atoms with van der Waals surface area (Å²) in [5.74, 6) is -0.962. The molecule has 1 amide bonds. The Bertz CT molecular complexity index is 382. The summed E-state index contributed by atoms with van der Waals surface area (Å²) in [5, 5.41) is -0.394. The Morgan fingerprint density at radius 1 is 1.50 bits per heavy atom. The van der Waals surface area contributed by atoms with Crippen LogP contribution in [0.4, 0.5) is 12.9 Å². The van der Waals surface area contributed by atoms with Crippen LogP contribution in [0.5, 0.6) is 0 Å². The second-order valence-corrected chi connectivity index (χ2v) is 2.95. The molecule has 2 N–H and O–H groups in total. The molecule has 76 valence electrons. The summed E-state index contributed by atoms with van der Waals surface area (Å²) < 4.78 is 36.4. The van der Waals surface area contributed by atoms with E-state index in [-0.39, 0.29) is 5.69 Å². The molecule has 0 atom stereocenters. The second kappa shape index (κ2) is 3.49. The molecule has 0 aliphatic carbocycles. The Kier molecular flexibility index (Phi) is 2.70. The van der Waals surface area contributed by atoms with Crippen molar-refractivity contribution in [1.82, 2.24) is 4.98 Å². The second-order valence-electron chi connectivity index (χ2n) is 2.54. The topological polar surface area (TPSA) is 56.0 Å². The fourth-order valence-electron chi connectivity index (χ4n) is 0.813. The number of hydrogen-bond donors (Lipinski definition) is 1. The quantitative estimate of drug-likeness (QED) is 0.757. The minimum absolute atomic E-state index is 0.365. The largest absolute Gasteiger partial charge is 0.511 e. The first-order valence-electron chi connectivity index (χ1n) is 3.47. The third-order valence-corrected chi connectivity index (χ3v) is 1.76. The van der Waals surface area contributed by atoms with Crippen molar-refractivity contribution in [2.75, 3.05) is 0 Å². The molecule has 1 aromatic heterocycles. The summed E-state index contributed by atoms with van der Waals surface area (Å²) in [6, 6.07) is 0.634. The van der Waals surface area contributed by atoms with Gasteiger partial charge < -0.3 is 18.7 Å². The SMILES string of the molecule is NC(=O)c1ncc([B-](F)(F)F)cc1Cl. The van der Waals surface area contributed by atoms with Gasteiger partial charge in [0.1, 0.15) is 5.69 Å². The van der Waals surface area contributed by atoms with Crippen LogP contribution >= 0.6 is 11.6 Å².